The highest BCUT2D eigenvalue weighted by molar-refractivity contribution is 5.47. The molecule has 2 aromatic carbocycles. The maximum atomic E-state index is 10.2. The minimum absolute atomic E-state index is 0.152. The normalized spacial score (nSPS) is 11.9. The second-order valence-electron chi connectivity index (χ2n) is 8.12. The molecule has 2 rings (SSSR count). The lowest BCUT2D eigenvalue weighted by Crippen LogP contribution is -2.26. The van der Waals surface area contributed by atoms with E-state index < -0.39 is 0 Å². The molecule has 26 heavy (non-hydrogen) atoms. The predicted molar refractivity (Wildman–Crippen MR) is 110 cm³/mol. The van der Waals surface area contributed by atoms with Crippen molar-refractivity contribution >= 4 is 0 Å². The molecule has 0 saturated heterocycles. The Morgan fingerprint density at radius 1 is 0.808 bits per heavy atom. The van der Waals surface area contributed by atoms with E-state index in [1.807, 2.05) is 12.1 Å². The number of hydrogen-bond acceptors (Lipinski definition) is 2. The van der Waals surface area contributed by atoms with Crippen LogP contribution in [0.3, 0.4) is 0 Å². The number of hydrogen-bond donors (Lipinski definition) is 2. The molecule has 0 unspecified atom stereocenters. The smallest absolute Gasteiger partial charge is 0.118 e. The van der Waals surface area contributed by atoms with Crippen LogP contribution in [-0.2, 0) is 18.3 Å². The van der Waals surface area contributed by atoms with E-state index in [2.05, 4.69) is 58.9 Å². The molecule has 2 aromatic rings. The van der Waals surface area contributed by atoms with E-state index in [1.54, 1.807) is 0 Å². The third kappa shape index (κ3) is 4.41. The summed E-state index contributed by atoms with van der Waals surface area (Å²) in [5.41, 5.74) is 4.36. The number of aromatic hydroxyl groups is 2. The van der Waals surface area contributed by atoms with Crippen LogP contribution in [-0.4, -0.2) is 10.2 Å². The molecule has 2 N–H and O–H groups in total. The topological polar surface area (TPSA) is 40.5 Å². The highest BCUT2D eigenvalue weighted by atomic mass is 16.3. The van der Waals surface area contributed by atoms with E-state index in [1.165, 1.54) is 11.1 Å². The Labute approximate surface area is 158 Å². The van der Waals surface area contributed by atoms with E-state index in [-0.39, 0.29) is 5.41 Å². The fourth-order valence-electron chi connectivity index (χ4n) is 4.02. The highest BCUT2D eigenvalue weighted by Crippen LogP contribution is 2.41. The Balaban J connectivity index is 2.59. The van der Waals surface area contributed by atoms with Gasteiger partial charge in [-0.1, -0.05) is 71.7 Å². The van der Waals surface area contributed by atoms with E-state index >= 15 is 0 Å². The minimum atomic E-state index is -0.152. The number of aryl methyl sites for hydroxylation is 2. The Bertz CT molecular complexity index is 675. The molecule has 0 atom stereocenters. The molecule has 0 fully saturated rings. The number of phenols is 2. The van der Waals surface area contributed by atoms with Crippen LogP contribution < -0.4 is 0 Å². The molecule has 2 nitrogen and oxygen atoms in total. The molecule has 0 bridgehead atoms. The Morgan fingerprint density at radius 3 is 1.58 bits per heavy atom. The molecule has 0 spiro atoms. The zero-order valence-electron chi connectivity index (χ0n) is 17.0. The van der Waals surface area contributed by atoms with Crippen LogP contribution in [0.15, 0.2) is 36.4 Å². The first-order chi connectivity index (χ1) is 12.3. The van der Waals surface area contributed by atoms with Crippen molar-refractivity contribution in [3.05, 3.63) is 58.7 Å². The van der Waals surface area contributed by atoms with Crippen molar-refractivity contribution in [2.45, 2.75) is 72.1 Å². The van der Waals surface area contributed by atoms with Crippen LogP contribution in [0.2, 0.25) is 0 Å². The first kappa shape index (κ1) is 20.4. The molecular weight excluding hydrogens is 320 g/mol. The second-order valence-corrected chi connectivity index (χ2v) is 8.12. The molecule has 142 valence electrons. The van der Waals surface area contributed by atoms with Gasteiger partial charge in [0.2, 0.25) is 0 Å². The molecule has 0 aromatic heterocycles. The van der Waals surface area contributed by atoms with Gasteiger partial charge in [0.15, 0.2) is 0 Å². The van der Waals surface area contributed by atoms with Gasteiger partial charge < -0.3 is 10.2 Å². The molecule has 2 heteroatoms. The summed E-state index contributed by atoms with van der Waals surface area (Å²) in [6.45, 7) is 11.1. The quantitative estimate of drug-likeness (QED) is 0.579. The standard InChI is InChI=1S/C24H34O2/c1-6-8-18-14-20(10-12-22(18)25)24(5,16-17(3)4)21-11-13-23(26)19(15-21)9-7-2/h10-15,17,25-26H,6-9,16H2,1-5H3. The van der Waals surface area contributed by atoms with Crippen molar-refractivity contribution < 1.29 is 10.2 Å². The van der Waals surface area contributed by atoms with Gasteiger partial charge in [-0.05, 0) is 59.6 Å². The third-order valence-electron chi connectivity index (χ3n) is 5.29. The van der Waals surface area contributed by atoms with Gasteiger partial charge in [-0.2, -0.15) is 0 Å². The average molecular weight is 355 g/mol. The summed E-state index contributed by atoms with van der Waals surface area (Å²) in [6, 6.07) is 12.1. The number of rotatable bonds is 8. The zero-order valence-corrected chi connectivity index (χ0v) is 17.0. The predicted octanol–water partition coefficient (Wildman–Crippen LogP) is 6.35. The molecule has 0 radical (unpaired) electrons. The van der Waals surface area contributed by atoms with Gasteiger partial charge in [0.25, 0.3) is 0 Å². The average Bonchev–Trinajstić information content (AvgIpc) is 2.58. The number of benzene rings is 2. The fourth-order valence-corrected chi connectivity index (χ4v) is 4.02. The third-order valence-corrected chi connectivity index (χ3v) is 5.29. The largest absolute Gasteiger partial charge is 0.508 e. The summed E-state index contributed by atoms with van der Waals surface area (Å²) in [6.07, 6.45) is 4.80. The first-order valence-electron chi connectivity index (χ1n) is 9.96. The van der Waals surface area contributed by atoms with Crippen molar-refractivity contribution in [3.8, 4) is 11.5 Å². The summed E-state index contributed by atoms with van der Waals surface area (Å²) in [5.74, 6) is 1.31. The first-order valence-corrected chi connectivity index (χ1v) is 9.96. The van der Waals surface area contributed by atoms with Crippen molar-refractivity contribution in [1.82, 2.24) is 0 Å². The van der Waals surface area contributed by atoms with E-state index in [4.69, 9.17) is 0 Å². The maximum absolute atomic E-state index is 10.2. The van der Waals surface area contributed by atoms with Crippen LogP contribution >= 0.6 is 0 Å². The Kier molecular flexibility index (Phi) is 6.75. The second kappa shape index (κ2) is 8.62. The van der Waals surface area contributed by atoms with Crippen molar-refractivity contribution in [2.75, 3.05) is 0 Å². The van der Waals surface area contributed by atoms with E-state index in [0.29, 0.717) is 17.4 Å². The molecule has 0 saturated carbocycles. The summed E-state index contributed by atoms with van der Waals surface area (Å²) in [7, 11) is 0. The van der Waals surface area contributed by atoms with Crippen molar-refractivity contribution in [1.29, 1.82) is 0 Å². The highest BCUT2D eigenvalue weighted by Gasteiger charge is 2.31. The van der Waals surface area contributed by atoms with Crippen LogP contribution in [0.5, 0.6) is 11.5 Å². The lowest BCUT2D eigenvalue weighted by molar-refractivity contribution is 0.422. The SMILES string of the molecule is CCCc1cc(C(C)(CC(C)C)c2ccc(O)c(CCC)c2)ccc1O. The fraction of sp³-hybridized carbons (Fsp3) is 0.500. The molecule has 0 amide bonds. The summed E-state index contributed by atoms with van der Waals surface area (Å²) < 4.78 is 0. The van der Waals surface area contributed by atoms with Crippen LogP contribution in [0.1, 0.15) is 76.1 Å². The zero-order chi connectivity index (χ0) is 19.3. The van der Waals surface area contributed by atoms with Crippen LogP contribution in [0.25, 0.3) is 0 Å². The summed E-state index contributed by atoms with van der Waals surface area (Å²) in [4.78, 5) is 0. The summed E-state index contributed by atoms with van der Waals surface area (Å²) in [5, 5.41) is 20.4. The molecule has 0 heterocycles. The lowest BCUT2D eigenvalue weighted by Gasteiger charge is -2.34. The van der Waals surface area contributed by atoms with Gasteiger partial charge in [0, 0.05) is 5.41 Å². The monoisotopic (exact) mass is 354 g/mol. The van der Waals surface area contributed by atoms with Gasteiger partial charge in [-0.25, -0.2) is 0 Å². The van der Waals surface area contributed by atoms with Crippen LogP contribution in [0, 0.1) is 5.92 Å². The van der Waals surface area contributed by atoms with Crippen molar-refractivity contribution in [3.63, 3.8) is 0 Å². The molecular formula is C24H34O2. The molecule has 0 aliphatic carbocycles. The molecule has 0 aliphatic heterocycles. The minimum Gasteiger partial charge on any atom is -0.508 e. The van der Waals surface area contributed by atoms with Gasteiger partial charge in [0.1, 0.15) is 11.5 Å². The van der Waals surface area contributed by atoms with Crippen molar-refractivity contribution in [2.24, 2.45) is 5.92 Å². The Morgan fingerprint density at radius 2 is 1.23 bits per heavy atom. The Hall–Kier alpha value is -1.96. The van der Waals surface area contributed by atoms with Gasteiger partial charge in [0.05, 0.1) is 0 Å². The summed E-state index contributed by atoms with van der Waals surface area (Å²) >= 11 is 0. The maximum Gasteiger partial charge on any atom is 0.118 e. The van der Waals surface area contributed by atoms with Crippen LogP contribution in [0.4, 0.5) is 0 Å². The molecule has 0 aliphatic rings. The van der Waals surface area contributed by atoms with Gasteiger partial charge in [-0.15, -0.1) is 0 Å². The number of phenolic OH excluding ortho intramolecular Hbond substituents is 2. The van der Waals surface area contributed by atoms with E-state index in [9.17, 15) is 10.2 Å². The van der Waals surface area contributed by atoms with E-state index in [0.717, 1.165) is 43.2 Å². The van der Waals surface area contributed by atoms with Gasteiger partial charge in [-0.3, -0.25) is 0 Å². The van der Waals surface area contributed by atoms with Gasteiger partial charge >= 0.3 is 0 Å². The lowest BCUT2D eigenvalue weighted by atomic mass is 9.70.